The summed E-state index contributed by atoms with van der Waals surface area (Å²) < 4.78 is 5.15. The van der Waals surface area contributed by atoms with Crippen molar-refractivity contribution in [2.24, 2.45) is 5.73 Å². The van der Waals surface area contributed by atoms with Crippen LogP contribution in [0.4, 0.5) is 0 Å². The molecule has 0 aromatic heterocycles. The molecule has 0 aromatic carbocycles. The van der Waals surface area contributed by atoms with Crippen LogP contribution in [0.15, 0.2) is 0 Å². The Morgan fingerprint density at radius 2 is 1.92 bits per heavy atom. The lowest BCUT2D eigenvalue weighted by Gasteiger charge is -2.39. The van der Waals surface area contributed by atoms with E-state index in [4.69, 9.17) is 15.6 Å². The Balaban J connectivity index is 2.63. The lowest BCUT2D eigenvalue weighted by atomic mass is 9.94. The van der Waals surface area contributed by atoms with E-state index in [1.54, 1.807) is 6.92 Å². The number of nitrogens with two attached hydrogens (primary N) is 1. The van der Waals surface area contributed by atoms with Gasteiger partial charge in [0, 0.05) is 0 Å². The molecule has 72 valence electrons. The number of aliphatic hydroxyl groups excluding tert-OH is 3. The molecule has 1 rings (SSSR count). The zero-order valence-corrected chi connectivity index (χ0v) is 6.92. The zero-order valence-electron chi connectivity index (χ0n) is 6.92. The molecule has 5 atom stereocenters. The van der Waals surface area contributed by atoms with Crippen molar-refractivity contribution in [2.75, 3.05) is 6.61 Å². The van der Waals surface area contributed by atoms with Crippen LogP contribution >= 0.6 is 0 Å². The highest BCUT2D eigenvalue weighted by Crippen LogP contribution is 2.18. The van der Waals surface area contributed by atoms with Gasteiger partial charge in [-0.1, -0.05) is 0 Å². The third-order valence-corrected chi connectivity index (χ3v) is 2.24. The highest BCUT2D eigenvalue weighted by molar-refractivity contribution is 4.92. The smallest absolute Gasteiger partial charge is 0.110 e. The predicted octanol–water partition coefficient (Wildman–Crippen LogP) is -2.18. The van der Waals surface area contributed by atoms with Gasteiger partial charge in [0.2, 0.25) is 0 Å². The van der Waals surface area contributed by atoms with E-state index in [0.717, 1.165) is 0 Å². The molecule has 12 heavy (non-hydrogen) atoms. The van der Waals surface area contributed by atoms with Crippen LogP contribution in [0.3, 0.4) is 0 Å². The Labute approximate surface area is 70.8 Å². The Morgan fingerprint density at radius 3 is 2.42 bits per heavy atom. The van der Waals surface area contributed by atoms with Gasteiger partial charge in [-0.3, -0.25) is 0 Å². The molecular weight excluding hydrogens is 162 g/mol. The third-order valence-electron chi connectivity index (χ3n) is 2.24. The van der Waals surface area contributed by atoms with E-state index < -0.39 is 24.4 Å². The first-order valence-electron chi connectivity index (χ1n) is 3.96. The molecule has 0 aromatic rings. The van der Waals surface area contributed by atoms with E-state index in [1.807, 2.05) is 0 Å². The van der Waals surface area contributed by atoms with E-state index in [0.29, 0.717) is 0 Å². The van der Waals surface area contributed by atoms with Crippen LogP contribution < -0.4 is 5.73 Å². The van der Waals surface area contributed by atoms with Crippen molar-refractivity contribution in [3.05, 3.63) is 0 Å². The van der Waals surface area contributed by atoms with Crippen molar-refractivity contribution in [1.82, 2.24) is 0 Å². The molecule has 1 aliphatic heterocycles. The molecular formula is C7H15NO4. The van der Waals surface area contributed by atoms with Crippen molar-refractivity contribution < 1.29 is 20.1 Å². The second-order valence-corrected chi connectivity index (χ2v) is 3.12. The van der Waals surface area contributed by atoms with Gasteiger partial charge in [0.1, 0.15) is 18.3 Å². The third kappa shape index (κ3) is 1.60. The minimum Gasteiger partial charge on any atom is -0.394 e. The Kier molecular flexibility index (Phi) is 3.03. The second kappa shape index (κ2) is 3.68. The Bertz CT molecular complexity index is 150. The molecule has 1 fully saturated rings. The molecule has 1 aliphatic rings. The molecule has 0 saturated carbocycles. The first kappa shape index (κ1) is 9.88. The van der Waals surface area contributed by atoms with E-state index in [-0.39, 0.29) is 12.7 Å². The molecule has 0 bridgehead atoms. The summed E-state index contributed by atoms with van der Waals surface area (Å²) >= 11 is 0. The largest absolute Gasteiger partial charge is 0.394 e. The quantitative estimate of drug-likeness (QED) is 0.365. The molecule has 2 unspecified atom stereocenters. The van der Waals surface area contributed by atoms with E-state index in [2.05, 4.69) is 0 Å². The molecule has 0 amide bonds. The van der Waals surface area contributed by atoms with Gasteiger partial charge in [-0.15, -0.1) is 0 Å². The first-order chi connectivity index (χ1) is 5.57. The normalized spacial score (nSPS) is 49.2. The van der Waals surface area contributed by atoms with Crippen molar-refractivity contribution in [3.8, 4) is 0 Å². The van der Waals surface area contributed by atoms with Gasteiger partial charge in [-0.2, -0.15) is 0 Å². The average molecular weight is 177 g/mol. The second-order valence-electron chi connectivity index (χ2n) is 3.12. The van der Waals surface area contributed by atoms with Gasteiger partial charge in [-0.25, -0.2) is 0 Å². The van der Waals surface area contributed by atoms with Crippen molar-refractivity contribution >= 4 is 0 Å². The summed E-state index contributed by atoms with van der Waals surface area (Å²) in [6, 6.07) is -0.595. The fourth-order valence-electron chi connectivity index (χ4n) is 1.32. The summed E-state index contributed by atoms with van der Waals surface area (Å²) in [6.07, 6.45) is -3.19. The SMILES string of the molecule is C[C@@H]1OC(CO)[C@@H](O)C(O)[C@@H]1N. The highest BCUT2D eigenvalue weighted by atomic mass is 16.5. The minimum absolute atomic E-state index is 0.310. The van der Waals surface area contributed by atoms with Gasteiger partial charge < -0.3 is 25.8 Å². The average Bonchev–Trinajstić information content (AvgIpc) is 2.08. The van der Waals surface area contributed by atoms with Crippen molar-refractivity contribution in [2.45, 2.75) is 37.4 Å². The molecule has 1 saturated heterocycles. The molecule has 0 spiro atoms. The zero-order chi connectivity index (χ0) is 9.30. The maximum absolute atomic E-state index is 9.35. The molecule has 0 aliphatic carbocycles. The Hall–Kier alpha value is -0.200. The maximum Gasteiger partial charge on any atom is 0.110 e. The monoisotopic (exact) mass is 177 g/mol. The van der Waals surface area contributed by atoms with Crippen LogP contribution in [-0.4, -0.2) is 52.4 Å². The minimum atomic E-state index is -1.10. The van der Waals surface area contributed by atoms with E-state index >= 15 is 0 Å². The van der Waals surface area contributed by atoms with Crippen LogP contribution in [0.5, 0.6) is 0 Å². The number of ether oxygens (including phenoxy) is 1. The van der Waals surface area contributed by atoms with Gasteiger partial charge in [0.25, 0.3) is 0 Å². The fraction of sp³-hybridized carbons (Fsp3) is 1.00. The standard InChI is InChI=1S/C7H15NO4/c1-3-5(8)7(11)6(10)4(2-9)12-3/h3-7,9-11H,2,8H2,1H3/t3-,4?,5+,6+,7?/m0/s1. The molecule has 5 heteroatoms. The van der Waals surface area contributed by atoms with Gasteiger partial charge in [-0.05, 0) is 6.92 Å². The first-order valence-corrected chi connectivity index (χ1v) is 3.96. The molecule has 1 heterocycles. The number of hydrogen-bond donors (Lipinski definition) is 4. The maximum atomic E-state index is 9.35. The molecule has 5 N–H and O–H groups in total. The summed E-state index contributed by atoms with van der Waals surface area (Å²) in [7, 11) is 0. The number of aliphatic hydroxyl groups is 3. The van der Waals surface area contributed by atoms with E-state index in [1.165, 1.54) is 0 Å². The van der Waals surface area contributed by atoms with Crippen molar-refractivity contribution in [3.63, 3.8) is 0 Å². The van der Waals surface area contributed by atoms with Crippen molar-refractivity contribution in [1.29, 1.82) is 0 Å². The Morgan fingerprint density at radius 1 is 1.33 bits per heavy atom. The van der Waals surface area contributed by atoms with Gasteiger partial charge >= 0.3 is 0 Å². The van der Waals surface area contributed by atoms with Gasteiger partial charge in [0.05, 0.1) is 18.8 Å². The van der Waals surface area contributed by atoms with Crippen LogP contribution in [0.1, 0.15) is 6.92 Å². The van der Waals surface area contributed by atoms with E-state index in [9.17, 15) is 10.2 Å². The number of hydrogen-bond acceptors (Lipinski definition) is 5. The lowest BCUT2D eigenvalue weighted by molar-refractivity contribution is -0.183. The topological polar surface area (TPSA) is 95.9 Å². The van der Waals surface area contributed by atoms with Gasteiger partial charge in [0.15, 0.2) is 0 Å². The summed E-state index contributed by atoms with van der Waals surface area (Å²) in [4.78, 5) is 0. The predicted molar refractivity (Wildman–Crippen MR) is 41.4 cm³/mol. The molecule has 5 nitrogen and oxygen atoms in total. The lowest BCUT2D eigenvalue weighted by Crippen LogP contribution is -2.60. The highest BCUT2D eigenvalue weighted by Gasteiger charge is 2.40. The number of rotatable bonds is 1. The van der Waals surface area contributed by atoms with Crippen LogP contribution in [0.25, 0.3) is 0 Å². The summed E-state index contributed by atoms with van der Waals surface area (Å²) in [6.45, 7) is 1.39. The fourth-order valence-corrected chi connectivity index (χ4v) is 1.32. The molecule has 0 radical (unpaired) electrons. The summed E-state index contributed by atoms with van der Waals surface area (Å²) in [5.74, 6) is 0. The summed E-state index contributed by atoms with van der Waals surface area (Å²) in [5, 5.41) is 27.4. The van der Waals surface area contributed by atoms with Crippen LogP contribution in [0.2, 0.25) is 0 Å². The van der Waals surface area contributed by atoms with Crippen LogP contribution in [0, 0.1) is 0 Å². The van der Waals surface area contributed by atoms with Crippen LogP contribution in [-0.2, 0) is 4.74 Å². The summed E-state index contributed by atoms with van der Waals surface area (Å²) in [5.41, 5.74) is 5.51.